The van der Waals surface area contributed by atoms with E-state index in [4.69, 9.17) is 0 Å². The third-order valence-electron chi connectivity index (χ3n) is 1.22. The molecule has 0 saturated carbocycles. The molecule has 62 valence electrons. The quantitative estimate of drug-likeness (QED) is 0.373. The summed E-state index contributed by atoms with van der Waals surface area (Å²) >= 11 is 1.53. The van der Waals surface area contributed by atoms with Crippen molar-refractivity contribution in [3.8, 4) is 11.8 Å². The summed E-state index contributed by atoms with van der Waals surface area (Å²) in [6.07, 6.45) is 6.32. The van der Waals surface area contributed by atoms with Crippen LogP contribution < -0.4 is 0 Å². The van der Waals surface area contributed by atoms with Crippen LogP contribution in [0.3, 0.4) is 0 Å². The van der Waals surface area contributed by atoms with Crippen molar-refractivity contribution in [2.75, 3.05) is 6.26 Å². The molecule has 0 aromatic carbocycles. The van der Waals surface area contributed by atoms with E-state index in [1.807, 2.05) is 13.2 Å². The molecule has 0 aliphatic heterocycles. The van der Waals surface area contributed by atoms with Crippen LogP contribution in [0.2, 0.25) is 0 Å². The molecule has 0 fully saturated rings. The average Bonchev–Trinajstić information content (AvgIpc) is 2.15. The Morgan fingerprint density at radius 1 is 1.42 bits per heavy atom. The van der Waals surface area contributed by atoms with Gasteiger partial charge in [-0.05, 0) is 6.26 Å². The number of thioether (sulfide) groups is 1. The molecular formula is C9H10N2S. The molecule has 1 aromatic rings. The zero-order valence-corrected chi connectivity index (χ0v) is 7.98. The first-order chi connectivity index (χ1) is 5.86. The van der Waals surface area contributed by atoms with Gasteiger partial charge >= 0.3 is 0 Å². The van der Waals surface area contributed by atoms with Gasteiger partial charge in [-0.15, -0.1) is 0 Å². The molecule has 0 aliphatic carbocycles. The van der Waals surface area contributed by atoms with Crippen LogP contribution in [0.25, 0.3) is 0 Å². The number of rotatable bonds is 1. The Morgan fingerprint density at radius 2 is 2.08 bits per heavy atom. The highest BCUT2D eigenvalue weighted by Crippen LogP contribution is 2.05. The van der Waals surface area contributed by atoms with E-state index in [2.05, 4.69) is 21.8 Å². The monoisotopic (exact) mass is 178 g/mol. The standard InChI is InChI=1S/C9H10N2S/c1-3-4-5-8-6-10-9(12-2)11-7-8/h6-7H,3H2,1-2H3. The Balaban J connectivity index is 2.78. The molecule has 3 heteroatoms. The Morgan fingerprint density at radius 3 is 2.58 bits per heavy atom. The second kappa shape index (κ2) is 4.78. The number of aromatic nitrogens is 2. The third-order valence-corrected chi connectivity index (χ3v) is 1.80. The number of hydrogen-bond donors (Lipinski definition) is 0. The molecular weight excluding hydrogens is 168 g/mol. The zero-order chi connectivity index (χ0) is 8.81. The van der Waals surface area contributed by atoms with E-state index >= 15 is 0 Å². The molecule has 0 amide bonds. The number of hydrogen-bond acceptors (Lipinski definition) is 3. The van der Waals surface area contributed by atoms with Gasteiger partial charge in [0.05, 0.1) is 5.56 Å². The van der Waals surface area contributed by atoms with Crippen LogP contribution in [-0.4, -0.2) is 16.2 Å². The summed E-state index contributed by atoms with van der Waals surface area (Å²) in [4.78, 5) is 8.20. The Labute approximate surface area is 76.8 Å². The van der Waals surface area contributed by atoms with Gasteiger partial charge in [0.15, 0.2) is 5.16 Å². The van der Waals surface area contributed by atoms with E-state index < -0.39 is 0 Å². The Kier molecular flexibility index (Phi) is 3.62. The van der Waals surface area contributed by atoms with Gasteiger partial charge in [-0.25, -0.2) is 9.97 Å². The van der Waals surface area contributed by atoms with Gasteiger partial charge < -0.3 is 0 Å². The van der Waals surface area contributed by atoms with Gasteiger partial charge in [0.2, 0.25) is 0 Å². The van der Waals surface area contributed by atoms with Crippen LogP contribution in [-0.2, 0) is 0 Å². The smallest absolute Gasteiger partial charge is 0.187 e. The molecule has 0 unspecified atom stereocenters. The predicted octanol–water partition coefficient (Wildman–Crippen LogP) is 1.96. The van der Waals surface area contributed by atoms with E-state index in [0.29, 0.717) is 0 Å². The van der Waals surface area contributed by atoms with Gasteiger partial charge in [-0.3, -0.25) is 0 Å². The van der Waals surface area contributed by atoms with Crippen LogP contribution >= 0.6 is 11.8 Å². The molecule has 12 heavy (non-hydrogen) atoms. The lowest BCUT2D eigenvalue weighted by atomic mass is 10.3. The van der Waals surface area contributed by atoms with Crippen molar-refractivity contribution in [2.45, 2.75) is 18.5 Å². The van der Waals surface area contributed by atoms with E-state index in [-0.39, 0.29) is 0 Å². The summed E-state index contributed by atoms with van der Waals surface area (Å²) in [5.74, 6) is 5.93. The minimum atomic E-state index is 0.789. The largest absolute Gasteiger partial charge is 0.230 e. The van der Waals surface area contributed by atoms with Crippen LogP contribution in [0.1, 0.15) is 18.9 Å². The number of nitrogens with zero attached hydrogens (tertiary/aromatic N) is 2. The van der Waals surface area contributed by atoms with E-state index in [1.54, 1.807) is 12.4 Å². The molecule has 0 aliphatic rings. The summed E-state index contributed by atoms with van der Waals surface area (Å²) in [5.41, 5.74) is 0.884. The normalized spacial score (nSPS) is 8.83. The summed E-state index contributed by atoms with van der Waals surface area (Å²) < 4.78 is 0. The maximum Gasteiger partial charge on any atom is 0.187 e. The second-order valence-electron chi connectivity index (χ2n) is 2.11. The molecule has 1 rings (SSSR count). The van der Waals surface area contributed by atoms with E-state index in [9.17, 15) is 0 Å². The van der Waals surface area contributed by atoms with Crippen molar-refractivity contribution in [2.24, 2.45) is 0 Å². The molecule has 1 aromatic heterocycles. The van der Waals surface area contributed by atoms with Gasteiger partial charge in [-0.1, -0.05) is 30.5 Å². The van der Waals surface area contributed by atoms with Gasteiger partial charge in [0.25, 0.3) is 0 Å². The fourth-order valence-corrected chi connectivity index (χ4v) is 0.993. The molecule has 0 saturated heterocycles. The lowest BCUT2D eigenvalue weighted by Gasteiger charge is -1.92. The van der Waals surface area contributed by atoms with Crippen molar-refractivity contribution in [1.29, 1.82) is 0 Å². The fraction of sp³-hybridized carbons (Fsp3) is 0.333. The minimum absolute atomic E-state index is 0.789. The molecule has 0 spiro atoms. The molecule has 0 N–H and O–H groups in total. The minimum Gasteiger partial charge on any atom is -0.230 e. The highest BCUT2D eigenvalue weighted by molar-refractivity contribution is 7.98. The van der Waals surface area contributed by atoms with E-state index in [1.165, 1.54) is 11.8 Å². The summed E-state index contributed by atoms with van der Waals surface area (Å²) in [6, 6.07) is 0. The highest BCUT2D eigenvalue weighted by Gasteiger charge is 1.91. The van der Waals surface area contributed by atoms with Crippen molar-refractivity contribution < 1.29 is 0 Å². The molecule has 1 heterocycles. The first-order valence-electron chi connectivity index (χ1n) is 3.71. The summed E-state index contributed by atoms with van der Waals surface area (Å²) in [7, 11) is 0. The topological polar surface area (TPSA) is 25.8 Å². The third kappa shape index (κ3) is 2.55. The fourth-order valence-electron chi connectivity index (χ4n) is 0.677. The van der Waals surface area contributed by atoms with Crippen LogP contribution in [0.15, 0.2) is 17.6 Å². The van der Waals surface area contributed by atoms with Crippen molar-refractivity contribution in [3.05, 3.63) is 18.0 Å². The van der Waals surface area contributed by atoms with Crippen LogP contribution in [0, 0.1) is 11.8 Å². The van der Waals surface area contributed by atoms with E-state index in [0.717, 1.165) is 17.1 Å². The Hall–Kier alpha value is -1.01. The van der Waals surface area contributed by atoms with Crippen molar-refractivity contribution >= 4 is 11.8 Å². The molecule has 0 radical (unpaired) electrons. The van der Waals surface area contributed by atoms with Gasteiger partial charge in [-0.2, -0.15) is 0 Å². The highest BCUT2D eigenvalue weighted by atomic mass is 32.2. The van der Waals surface area contributed by atoms with Gasteiger partial charge in [0, 0.05) is 18.8 Å². The first-order valence-corrected chi connectivity index (χ1v) is 4.94. The molecule has 0 bridgehead atoms. The predicted molar refractivity (Wildman–Crippen MR) is 51.0 cm³/mol. The summed E-state index contributed by atoms with van der Waals surface area (Å²) in [6.45, 7) is 2.02. The lowest BCUT2D eigenvalue weighted by Crippen LogP contribution is -1.85. The lowest BCUT2D eigenvalue weighted by molar-refractivity contribution is 0.964. The molecule has 0 atom stereocenters. The molecule has 2 nitrogen and oxygen atoms in total. The van der Waals surface area contributed by atoms with Crippen molar-refractivity contribution in [1.82, 2.24) is 9.97 Å². The second-order valence-corrected chi connectivity index (χ2v) is 2.89. The van der Waals surface area contributed by atoms with Crippen LogP contribution in [0.4, 0.5) is 0 Å². The maximum atomic E-state index is 4.10. The maximum absolute atomic E-state index is 4.10. The Bertz CT molecular complexity index is 295. The SMILES string of the molecule is CCC#Cc1cnc(SC)nc1. The zero-order valence-electron chi connectivity index (χ0n) is 7.16. The van der Waals surface area contributed by atoms with Crippen LogP contribution in [0.5, 0.6) is 0 Å². The first kappa shape index (κ1) is 9.08. The average molecular weight is 178 g/mol. The van der Waals surface area contributed by atoms with Crippen molar-refractivity contribution in [3.63, 3.8) is 0 Å². The summed E-state index contributed by atoms with van der Waals surface area (Å²) in [5, 5.41) is 0.789. The van der Waals surface area contributed by atoms with Gasteiger partial charge in [0.1, 0.15) is 0 Å².